The third-order valence-corrected chi connectivity index (χ3v) is 8.80. The predicted molar refractivity (Wildman–Crippen MR) is 78.1 cm³/mol. The van der Waals surface area contributed by atoms with Crippen LogP contribution in [0, 0.1) is 11.3 Å². The summed E-state index contributed by atoms with van der Waals surface area (Å²) in [5.41, 5.74) is 1.18. The number of pyridine rings is 1. The molecule has 0 atom stereocenters. The van der Waals surface area contributed by atoms with Gasteiger partial charge in [0.25, 0.3) is 0 Å². The molecule has 0 unspecified atom stereocenters. The quantitative estimate of drug-likeness (QED) is 0.784. The fourth-order valence-electron chi connectivity index (χ4n) is 1.92. The van der Waals surface area contributed by atoms with Crippen molar-refractivity contribution >= 4 is 8.32 Å². The molecule has 1 aliphatic rings. The van der Waals surface area contributed by atoms with Crippen LogP contribution >= 0.6 is 0 Å². The van der Waals surface area contributed by atoms with Gasteiger partial charge in [0.15, 0.2) is 8.32 Å². The van der Waals surface area contributed by atoms with Gasteiger partial charge in [0.2, 0.25) is 0 Å². The Labute approximate surface area is 116 Å². The zero-order valence-electron chi connectivity index (χ0n) is 12.4. The molecule has 1 aromatic rings. The highest BCUT2D eigenvalue weighted by molar-refractivity contribution is 6.74. The molecule has 19 heavy (non-hydrogen) atoms. The van der Waals surface area contributed by atoms with Gasteiger partial charge in [0.05, 0.1) is 11.3 Å². The van der Waals surface area contributed by atoms with Crippen LogP contribution in [0.2, 0.25) is 18.1 Å². The Morgan fingerprint density at radius 1 is 1.32 bits per heavy atom. The molecule has 0 aliphatic heterocycles. The first-order valence-electron chi connectivity index (χ1n) is 6.78. The van der Waals surface area contributed by atoms with Crippen LogP contribution in [0.4, 0.5) is 0 Å². The lowest BCUT2D eigenvalue weighted by molar-refractivity contribution is 0.154. The Morgan fingerprint density at radius 2 is 1.95 bits per heavy atom. The summed E-state index contributed by atoms with van der Waals surface area (Å²) in [6, 6.07) is 7.73. The minimum atomic E-state index is -1.81. The molecule has 0 N–H and O–H groups in total. The van der Waals surface area contributed by atoms with Gasteiger partial charge in [-0.15, -0.1) is 0 Å². The lowest BCUT2D eigenvalue weighted by atomic mass is 10.2. The number of hydrogen-bond acceptors (Lipinski definition) is 3. The van der Waals surface area contributed by atoms with Gasteiger partial charge in [-0.3, -0.25) is 0 Å². The molecular formula is C15H22N2OSi. The number of aromatic nitrogens is 1. The Morgan fingerprint density at radius 3 is 2.42 bits per heavy atom. The van der Waals surface area contributed by atoms with Gasteiger partial charge in [0.1, 0.15) is 11.8 Å². The standard InChI is InChI=1S/C15H22N2OSi/c1-14(2,3)19(4,5)18-15(9-10-15)13-8-6-7-12(11-16)17-13/h6-8H,9-10H2,1-5H3. The minimum Gasteiger partial charge on any atom is -0.406 e. The van der Waals surface area contributed by atoms with Crippen molar-refractivity contribution in [3.63, 3.8) is 0 Å². The summed E-state index contributed by atoms with van der Waals surface area (Å²) in [7, 11) is -1.81. The molecule has 0 aromatic carbocycles. The Balaban J connectivity index is 2.27. The number of rotatable bonds is 3. The van der Waals surface area contributed by atoms with E-state index in [4.69, 9.17) is 9.69 Å². The van der Waals surface area contributed by atoms with E-state index < -0.39 is 8.32 Å². The van der Waals surface area contributed by atoms with Gasteiger partial charge < -0.3 is 4.43 Å². The molecule has 1 heterocycles. The summed E-state index contributed by atoms with van der Waals surface area (Å²) in [4.78, 5) is 4.43. The molecule has 1 aromatic heterocycles. The van der Waals surface area contributed by atoms with E-state index in [1.54, 1.807) is 6.07 Å². The Bertz CT molecular complexity index is 522. The van der Waals surface area contributed by atoms with Crippen molar-refractivity contribution in [1.29, 1.82) is 5.26 Å². The van der Waals surface area contributed by atoms with Crippen LogP contribution in [0.3, 0.4) is 0 Å². The summed E-state index contributed by atoms with van der Waals surface area (Å²) >= 11 is 0. The molecule has 1 saturated carbocycles. The third kappa shape index (κ3) is 2.72. The molecule has 1 aliphatic carbocycles. The summed E-state index contributed by atoms with van der Waals surface area (Å²) in [6.45, 7) is 11.3. The minimum absolute atomic E-state index is 0.190. The normalized spacial score (nSPS) is 17.9. The van der Waals surface area contributed by atoms with Crippen LogP contribution in [0.5, 0.6) is 0 Å². The maximum Gasteiger partial charge on any atom is 0.193 e. The molecule has 0 radical (unpaired) electrons. The molecule has 4 heteroatoms. The van der Waals surface area contributed by atoms with Crippen molar-refractivity contribution in [3.8, 4) is 6.07 Å². The van der Waals surface area contributed by atoms with Crippen LogP contribution in [0.25, 0.3) is 0 Å². The third-order valence-electron chi connectivity index (χ3n) is 4.29. The summed E-state index contributed by atoms with van der Waals surface area (Å²) in [5.74, 6) is 0. The van der Waals surface area contributed by atoms with Crippen LogP contribution in [-0.2, 0) is 10.0 Å². The second kappa shape index (κ2) is 4.43. The molecule has 2 rings (SSSR count). The van der Waals surface area contributed by atoms with Crippen molar-refractivity contribution in [2.45, 2.75) is 57.3 Å². The van der Waals surface area contributed by atoms with Crippen molar-refractivity contribution < 1.29 is 4.43 Å². The van der Waals surface area contributed by atoms with E-state index >= 15 is 0 Å². The van der Waals surface area contributed by atoms with Crippen LogP contribution in [-0.4, -0.2) is 13.3 Å². The first kappa shape index (κ1) is 14.2. The number of nitrogens with zero attached hydrogens (tertiary/aromatic N) is 2. The van der Waals surface area contributed by atoms with E-state index in [1.807, 2.05) is 12.1 Å². The highest BCUT2D eigenvalue weighted by Crippen LogP contribution is 2.53. The van der Waals surface area contributed by atoms with Crippen molar-refractivity contribution in [2.24, 2.45) is 0 Å². The van der Waals surface area contributed by atoms with Crippen LogP contribution in [0.15, 0.2) is 18.2 Å². The topological polar surface area (TPSA) is 45.9 Å². The molecular weight excluding hydrogens is 252 g/mol. The van der Waals surface area contributed by atoms with Crippen LogP contribution in [0.1, 0.15) is 45.0 Å². The second-order valence-corrected chi connectivity index (χ2v) is 11.6. The van der Waals surface area contributed by atoms with E-state index in [0.29, 0.717) is 5.69 Å². The molecule has 102 valence electrons. The first-order chi connectivity index (χ1) is 8.70. The molecule has 1 fully saturated rings. The SMILES string of the molecule is CC(C)(C)[Si](C)(C)OC1(c2cccc(C#N)n2)CC1. The van der Waals surface area contributed by atoms with Gasteiger partial charge in [-0.05, 0) is 43.1 Å². The van der Waals surface area contributed by atoms with Gasteiger partial charge in [0, 0.05) is 0 Å². The monoisotopic (exact) mass is 274 g/mol. The van der Waals surface area contributed by atoms with E-state index in [9.17, 15) is 0 Å². The summed E-state index contributed by atoms with van der Waals surface area (Å²) < 4.78 is 6.55. The Kier molecular flexibility index (Phi) is 3.32. The van der Waals surface area contributed by atoms with Crippen molar-refractivity contribution in [1.82, 2.24) is 4.98 Å². The van der Waals surface area contributed by atoms with Gasteiger partial charge in [-0.25, -0.2) is 4.98 Å². The van der Waals surface area contributed by atoms with Gasteiger partial charge in [-0.2, -0.15) is 5.26 Å². The lowest BCUT2D eigenvalue weighted by Gasteiger charge is -2.39. The lowest BCUT2D eigenvalue weighted by Crippen LogP contribution is -2.44. The van der Waals surface area contributed by atoms with Crippen molar-refractivity contribution in [2.75, 3.05) is 0 Å². The zero-order valence-corrected chi connectivity index (χ0v) is 13.4. The van der Waals surface area contributed by atoms with E-state index in [2.05, 4.69) is 44.9 Å². The average molecular weight is 274 g/mol. The number of hydrogen-bond donors (Lipinski definition) is 0. The van der Waals surface area contributed by atoms with Gasteiger partial charge >= 0.3 is 0 Å². The second-order valence-electron chi connectivity index (χ2n) is 6.88. The molecule has 0 bridgehead atoms. The highest BCUT2D eigenvalue weighted by Gasteiger charge is 2.53. The predicted octanol–water partition coefficient (Wildman–Crippen LogP) is 3.96. The van der Waals surface area contributed by atoms with E-state index in [0.717, 1.165) is 18.5 Å². The maximum absolute atomic E-state index is 8.97. The highest BCUT2D eigenvalue weighted by atomic mass is 28.4. The zero-order chi connectivity index (χ0) is 14.3. The summed E-state index contributed by atoms with van der Waals surface area (Å²) in [5, 5.41) is 9.16. The van der Waals surface area contributed by atoms with Crippen molar-refractivity contribution in [3.05, 3.63) is 29.6 Å². The fourth-order valence-corrected chi connectivity index (χ4v) is 3.51. The largest absolute Gasteiger partial charge is 0.406 e. The molecule has 3 nitrogen and oxygen atoms in total. The summed E-state index contributed by atoms with van der Waals surface area (Å²) in [6.07, 6.45) is 2.03. The molecule has 0 saturated heterocycles. The smallest absolute Gasteiger partial charge is 0.193 e. The fraction of sp³-hybridized carbons (Fsp3) is 0.600. The number of nitriles is 1. The average Bonchev–Trinajstić information content (AvgIpc) is 3.08. The molecule has 0 amide bonds. The van der Waals surface area contributed by atoms with E-state index in [-0.39, 0.29) is 10.6 Å². The maximum atomic E-state index is 8.97. The van der Waals surface area contributed by atoms with Gasteiger partial charge in [-0.1, -0.05) is 26.8 Å². The van der Waals surface area contributed by atoms with E-state index in [1.165, 1.54) is 0 Å². The Hall–Kier alpha value is -1.18. The first-order valence-corrected chi connectivity index (χ1v) is 9.69. The molecule has 0 spiro atoms. The van der Waals surface area contributed by atoms with Crippen LogP contribution < -0.4 is 0 Å².